The highest BCUT2D eigenvalue weighted by Gasteiger charge is 2.28. The standard InChI is InChI=1S/C68H48N8O4/c77-65-39-9-1-13-43(65)51-29-33-59(73-51)63(60-34-30-52(74-60)44-14-2-10-40(66(44)78)48-18-6-22-56(70-48)55-21-5-17-47(39)69-55)37-25-27-38(28-26-37)64-61-35-31-53(75-61)45-15-3-11-41(67(45)79)49-19-7-23-57(71-49)58-24-8-20-50(72-58)42-12-4-16-46(68(42)80)54-32-36-62(64)76-54/h1-11,13-29,31-36,65-66,73-80H,12,30H2. The second-order valence-corrected chi connectivity index (χ2v) is 20.5. The number of nitrogens with zero attached hydrogens (tertiary/aromatic N) is 4. The van der Waals surface area contributed by atoms with Gasteiger partial charge in [-0.3, -0.25) is 0 Å². The molecule has 10 heterocycles. The van der Waals surface area contributed by atoms with Crippen molar-refractivity contribution in [3.05, 3.63) is 284 Å². The zero-order chi connectivity index (χ0) is 53.6. The Hall–Kier alpha value is -10.4. The lowest BCUT2D eigenvalue weighted by Crippen LogP contribution is -2.25. The molecule has 0 saturated carbocycles. The average molecular weight is 1040 g/mol. The number of nitrogens with one attached hydrogen (secondary N) is 4. The number of allylic oxidation sites excluding steroid dienone is 9. The molecule has 12 nitrogen and oxygen atoms in total. The van der Waals surface area contributed by atoms with E-state index in [1.165, 1.54) is 0 Å². The molecule has 80 heavy (non-hydrogen) atoms. The summed E-state index contributed by atoms with van der Waals surface area (Å²) < 4.78 is 0. The molecule has 15 rings (SSSR count). The van der Waals surface area contributed by atoms with Gasteiger partial charge in [0.05, 0.1) is 45.6 Å². The molecule has 3 aliphatic heterocycles. The fourth-order valence-corrected chi connectivity index (χ4v) is 11.8. The Morgan fingerprint density at radius 2 is 0.963 bits per heavy atom. The van der Waals surface area contributed by atoms with Gasteiger partial charge in [-0.25, -0.2) is 19.9 Å². The Bertz CT molecular complexity index is 4690. The maximum Gasteiger partial charge on any atom is 0.134 e. The Morgan fingerprint density at radius 3 is 1.68 bits per heavy atom. The van der Waals surface area contributed by atoms with Gasteiger partial charge < -0.3 is 40.7 Å². The smallest absolute Gasteiger partial charge is 0.134 e. The Morgan fingerprint density at radius 1 is 0.438 bits per heavy atom. The number of rotatable bonds is 2. The molecule has 384 valence electrons. The van der Waals surface area contributed by atoms with Crippen molar-refractivity contribution >= 4 is 39.0 Å². The highest BCUT2D eigenvalue weighted by atomic mass is 16.3. The quantitative estimate of drug-likeness (QED) is 0.0835. The van der Waals surface area contributed by atoms with Crippen molar-refractivity contribution in [2.75, 3.05) is 0 Å². The molecular formula is C68H48N8O4. The zero-order valence-electron chi connectivity index (χ0n) is 42.8. The molecule has 9 aromatic rings. The molecular weight excluding hydrogens is 993 g/mol. The third-order valence-electron chi connectivity index (χ3n) is 15.8. The lowest BCUT2D eigenvalue weighted by molar-refractivity contribution is 0.269. The van der Waals surface area contributed by atoms with E-state index in [0.29, 0.717) is 103 Å². The van der Waals surface area contributed by atoms with Gasteiger partial charge in [-0.05, 0) is 115 Å². The monoisotopic (exact) mass is 1040 g/mol. The van der Waals surface area contributed by atoms with Gasteiger partial charge >= 0.3 is 0 Å². The lowest BCUT2D eigenvalue weighted by atomic mass is 9.91. The van der Waals surface area contributed by atoms with Crippen LogP contribution in [0.15, 0.2) is 229 Å². The molecule has 0 fully saturated rings. The number of aromatic nitrogens is 7. The van der Waals surface area contributed by atoms with Crippen molar-refractivity contribution < 1.29 is 20.4 Å². The predicted molar refractivity (Wildman–Crippen MR) is 312 cm³/mol. The van der Waals surface area contributed by atoms with Crippen LogP contribution in [0, 0.1) is 0 Å². The molecule has 3 aliphatic carbocycles. The maximum atomic E-state index is 12.1. The Balaban J connectivity index is 0.902. The summed E-state index contributed by atoms with van der Waals surface area (Å²) in [6.45, 7) is 0. The average Bonchev–Trinajstić information content (AvgIpc) is 4.46. The maximum absolute atomic E-state index is 12.1. The molecule has 2 aromatic carbocycles. The van der Waals surface area contributed by atoms with Crippen molar-refractivity contribution in [3.8, 4) is 51.0 Å². The topological polar surface area (TPSA) is 192 Å². The van der Waals surface area contributed by atoms with Crippen LogP contribution in [0.1, 0.15) is 46.7 Å². The number of aromatic amines is 3. The molecule has 2 unspecified atom stereocenters. The summed E-state index contributed by atoms with van der Waals surface area (Å²) in [5.74, 6) is 0.231. The number of hydrogen-bond donors (Lipinski definition) is 8. The SMILES string of the molecule is OC1=C2CC=CC1=c1ccc([nH]1)=C(c1ccc(C3=c4ccc([nH]4)=C4C=CC=C(c5cccc(n5)-c5cccc(n5)C5=CC=CC(=C6CC=C3N6)C5O)C4O)cc1)c1ccc([nH]1)-c1cccc(c1O)-c1cccc(n1)-c1cccc2n1. The molecule has 0 radical (unpaired) electrons. The van der Waals surface area contributed by atoms with Crippen LogP contribution in [0.2, 0.25) is 0 Å². The zero-order valence-corrected chi connectivity index (χ0v) is 42.8. The van der Waals surface area contributed by atoms with E-state index in [0.717, 1.165) is 66.3 Å². The number of benzene rings is 2. The first-order valence-electron chi connectivity index (χ1n) is 26.6. The molecule has 7 aromatic heterocycles. The van der Waals surface area contributed by atoms with E-state index >= 15 is 0 Å². The molecule has 0 spiro atoms. The summed E-state index contributed by atoms with van der Waals surface area (Å²) in [4.78, 5) is 31.1. The second kappa shape index (κ2) is 18.7. The van der Waals surface area contributed by atoms with E-state index in [9.17, 15) is 20.4 Å². The van der Waals surface area contributed by atoms with E-state index in [-0.39, 0.29) is 11.5 Å². The van der Waals surface area contributed by atoms with Crippen LogP contribution >= 0.6 is 0 Å². The first-order chi connectivity index (χ1) is 39.3. The number of H-pyrrole nitrogens is 3. The third-order valence-corrected chi connectivity index (χ3v) is 15.8. The van der Waals surface area contributed by atoms with Crippen LogP contribution in [0.3, 0.4) is 0 Å². The molecule has 8 N–H and O–H groups in total. The van der Waals surface area contributed by atoms with Crippen molar-refractivity contribution in [2.45, 2.75) is 25.0 Å². The van der Waals surface area contributed by atoms with Gasteiger partial charge in [0.2, 0.25) is 0 Å². The van der Waals surface area contributed by atoms with Crippen LogP contribution in [-0.2, 0) is 0 Å². The van der Waals surface area contributed by atoms with Crippen LogP contribution in [0.5, 0.6) is 5.75 Å². The molecule has 12 heteroatoms. The number of hydrogen-bond acceptors (Lipinski definition) is 9. The number of phenols is 1. The van der Waals surface area contributed by atoms with Gasteiger partial charge in [0.25, 0.3) is 0 Å². The summed E-state index contributed by atoms with van der Waals surface area (Å²) in [7, 11) is 0. The van der Waals surface area contributed by atoms with Crippen LogP contribution < -0.4 is 26.7 Å². The highest BCUT2D eigenvalue weighted by Crippen LogP contribution is 2.40. The second-order valence-electron chi connectivity index (χ2n) is 20.5. The number of aliphatic hydroxyl groups excluding tert-OH is 3. The van der Waals surface area contributed by atoms with Crippen LogP contribution in [0.25, 0.3) is 84.3 Å². The molecule has 2 atom stereocenters. The normalized spacial score (nSPS) is 17.9. The van der Waals surface area contributed by atoms with Gasteiger partial charge in [-0.1, -0.05) is 109 Å². The van der Waals surface area contributed by atoms with E-state index in [1.807, 2.05) is 176 Å². The van der Waals surface area contributed by atoms with E-state index in [1.54, 1.807) is 0 Å². The molecule has 6 aliphatic rings. The Kier molecular flexibility index (Phi) is 10.9. The van der Waals surface area contributed by atoms with Gasteiger partial charge in [0.1, 0.15) is 23.7 Å². The fraction of sp³-hybridized carbons (Fsp3) is 0.0588. The third kappa shape index (κ3) is 7.84. The minimum atomic E-state index is -0.980. The number of pyridine rings is 4. The van der Waals surface area contributed by atoms with E-state index in [2.05, 4.69) is 50.6 Å². The van der Waals surface area contributed by atoms with Crippen LogP contribution in [-0.4, -0.2) is 67.5 Å². The highest BCUT2D eigenvalue weighted by molar-refractivity contribution is 5.89. The first-order valence-corrected chi connectivity index (χ1v) is 26.6. The van der Waals surface area contributed by atoms with Gasteiger partial charge in [-0.2, -0.15) is 0 Å². The summed E-state index contributed by atoms with van der Waals surface area (Å²) in [5, 5.41) is 55.2. The minimum Gasteiger partial charge on any atom is -0.507 e. The summed E-state index contributed by atoms with van der Waals surface area (Å²) in [6.07, 6.45) is 16.8. The van der Waals surface area contributed by atoms with Crippen LogP contribution in [0.4, 0.5) is 0 Å². The van der Waals surface area contributed by atoms with Crippen molar-refractivity contribution in [1.29, 1.82) is 0 Å². The number of aromatic hydroxyl groups is 1. The van der Waals surface area contributed by atoms with Crippen molar-refractivity contribution in [3.63, 3.8) is 0 Å². The fourth-order valence-electron chi connectivity index (χ4n) is 11.8. The van der Waals surface area contributed by atoms with E-state index < -0.39 is 12.2 Å². The molecule has 0 amide bonds. The number of fused-ring (bicyclic) bond motifs is 30. The van der Waals surface area contributed by atoms with Crippen molar-refractivity contribution in [1.82, 2.24) is 40.2 Å². The van der Waals surface area contributed by atoms with Gasteiger partial charge in [-0.15, -0.1) is 0 Å². The molecule has 24 bridgehead atoms. The predicted octanol–water partition coefficient (Wildman–Crippen LogP) is 9.09. The lowest BCUT2D eigenvalue weighted by Gasteiger charge is -2.22. The Labute approximate surface area is 458 Å². The summed E-state index contributed by atoms with van der Waals surface area (Å²) in [5.41, 5.74) is 17.2. The van der Waals surface area contributed by atoms with Gasteiger partial charge in [0.15, 0.2) is 0 Å². The summed E-state index contributed by atoms with van der Waals surface area (Å²) >= 11 is 0. The minimum absolute atomic E-state index is 0.0900. The largest absolute Gasteiger partial charge is 0.507 e. The number of phenolic OH excluding ortho intramolecular Hbond substituents is 1. The summed E-state index contributed by atoms with van der Waals surface area (Å²) in [6, 6.07) is 49.1. The number of aliphatic hydroxyl groups is 3. The van der Waals surface area contributed by atoms with Crippen molar-refractivity contribution in [2.24, 2.45) is 0 Å². The number of para-hydroxylation sites is 1. The first kappa shape index (κ1) is 46.9. The van der Waals surface area contributed by atoms with E-state index in [4.69, 9.17) is 19.9 Å². The molecule has 0 saturated heterocycles. The van der Waals surface area contributed by atoms with Gasteiger partial charge in [0, 0.05) is 106 Å².